The lowest BCUT2D eigenvalue weighted by atomic mass is 10.1. The van der Waals surface area contributed by atoms with Gasteiger partial charge in [-0.15, -0.1) is 0 Å². The molecular formula is C11H17N3O. The minimum absolute atomic E-state index is 0.183. The van der Waals surface area contributed by atoms with Gasteiger partial charge >= 0.3 is 0 Å². The van der Waals surface area contributed by atoms with E-state index in [0.717, 1.165) is 31.6 Å². The molecule has 1 aromatic heterocycles. The van der Waals surface area contributed by atoms with Crippen LogP contribution in [0, 0.1) is 0 Å². The summed E-state index contributed by atoms with van der Waals surface area (Å²) < 4.78 is 0. The van der Waals surface area contributed by atoms with Gasteiger partial charge < -0.3 is 5.11 Å². The molecule has 15 heavy (non-hydrogen) atoms. The highest BCUT2D eigenvalue weighted by Gasteiger charge is 2.23. The fraction of sp³-hybridized carbons (Fsp3) is 0.636. The molecule has 0 aliphatic carbocycles. The van der Waals surface area contributed by atoms with E-state index in [9.17, 15) is 5.11 Å². The molecule has 0 saturated carbocycles. The molecule has 1 aliphatic rings. The van der Waals surface area contributed by atoms with Crippen molar-refractivity contribution in [3.63, 3.8) is 0 Å². The van der Waals surface area contributed by atoms with Crippen molar-refractivity contribution in [1.82, 2.24) is 14.9 Å². The maximum atomic E-state index is 9.60. The number of hydrogen-bond acceptors (Lipinski definition) is 4. The van der Waals surface area contributed by atoms with E-state index < -0.39 is 0 Å². The lowest BCUT2D eigenvalue weighted by Crippen LogP contribution is -2.39. The zero-order chi connectivity index (χ0) is 10.7. The minimum Gasteiger partial charge on any atom is -0.392 e. The Morgan fingerprint density at radius 2 is 2.40 bits per heavy atom. The average Bonchev–Trinajstić information content (AvgIpc) is 2.29. The zero-order valence-electron chi connectivity index (χ0n) is 9.00. The van der Waals surface area contributed by atoms with Gasteiger partial charge in [0.25, 0.3) is 0 Å². The molecule has 0 bridgehead atoms. The summed E-state index contributed by atoms with van der Waals surface area (Å²) in [6.07, 6.45) is 6.99. The van der Waals surface area contributed by atoms with Crippen LogP contribution in [-0.2, 0) is 0 Å². The van der Waals surface area contributed by atoms with Crippen LogP contribution in [0.4, 0.5) is 0 Å². The number of aliphatic hydroxyl groups is 1. The summed E-state index contributed by atoms with van der Waals surface area (Å²) >= 11 is 0. The Morgan fingerprint density at radius 3 is 3.07 bits per heavy atom. The molecule has 0 amide bonds. The number of hydrogen-bond donors (Lipinski definition) is 1. The first kappa shape index (κ1) is 10.5. The fourth-order valence-electron chi connectivity index (χ4n) is 2.05. The van der Waals surface area contributed by atoms with Gasteiger partial charge in [0.05, 0.1) is 17.8 Å². The number of β-amino-alcohol motifs (C(OH)–C–C–N with tert-alkyl or cyclic N) is 1. The van der Waals surface area contributed by atoms with E-state index in [4.69, 9.17) is 0 Å². The second-order valence-corrected chi connectivity index (χ2v) is 4.10. The summed E-state index contributed by atoms with van der Waals surface area (Å²) in [6, 6.07) is 0.244. The highest BCUT2D eigenvalue weighted by molar-refractivity contribution is 5.01. The molecule has 2 heterocycles. The van der Waals surface area contributed by atoms with Crippen LogP contribution in [0.15, 0.2) is 18.6 Å². The fourth-order valence-corrected chi connectivity index (χ4v) is 2.05. The molecule has 1 unspecified atom stereocenters. The van der Waals surface area contributed by atoms with Crippen molar-refractivity contribution in [3.05, 3.63) is 24.3 Å². The number of aromatic nitrogens is 2. The van der Waals surface area contributed by atoms with Crippen LogP contribution < -0.4 is 0 Å². The Labute approximate surface area is 90.0 Å². The van der Waals surface area contributed by atoms with Gasteiger partial charge in [-0.1, -0.05) is 0 Å². The van der Waals surface area contributed by atoms with Crippen LogP contribution in [0.1, 0.15) is 31.5 Å². The maximum Gasteiger partial charge on any atom is 0.0755 e. The van der Waals surface area contributed by atoms with Crippen LogP contribution in [0.2, 0.25) is 0 Å². The largest absolute Gasteiger partial charge is 0.392 e. The monoisotopic (exact) mass is 207 g/mol. The molecule has 1 aliphatic heterocycles. The first-order valence-corrected chi connectivity index (χ1v) is 5.45. The summed E-state index contributed by atoms with van der Waals surface area (Å²) in [5.74, 6) is 0. The van der Waals surface area contributed by atoms with Crippen LogP contribution in [0.3, 0.4) is 0 Å². The Kier molecular flexibility index (Phi) is 3.28. The first-order chi connectivity index (χ1) is 7.27. The molecule has 82 valence electrons. The van der Waals surface area contributed by atoms with Crippen molar-refractivity contribution in [2.45, 2.75) is 31.9 Å². The number of piperidine rings is 1. The van der Waals surface area contributed by atoms with E-state index in [-0.39, 0.29) is 12.1 Å². The van der Waals surface area contributed by atoms with Crippen LogP contribution in [-0.4, -0.2) is 39.2 Å². The van der Waals surface area contributed by atoms with Gasteiger partial charge in [-0.2, -0.15) is 0 Å². The highest BCUT2D eigenvalue weighted by atomic mass is 16.3. The van der Waals surface area contributed by atoms with Crippen LogP contribution in [0.25, 0.3) is 0 Å². The topological polar surface area (TPSA) is 49.2 Å². The van der Waals surface area contributed by atoms with Crippen molar-refractivity contribution in [1.29, 1.82) is 0 Å². The molecule has 2 atom stereocenters. The molecule has 4 heteroatoms. The third kappa shape index (κ3) is 2.52. The van der Waals surface area contributed by atoms with Crippen LogP contribution in [0.5, 0.6) is 0 Å². The molecular weight excluding hydrogens is 190 g/mol. The van der Waals surface area contributed by atoms with E-state index in [1.807, 2.05) is 0 Å². The molecule has 1 saturated heterocycles. The standard InChI is InChI=1S/C11H17N3O/c1-9(11-7-12-4-5-13-11)14-6-2-3-10(15)8-14/h4-5,7,9-10,15H,2-3,6,8H2,1H3/t9?,10-/m1/s1. The molecule has 1 aromatic rings. The highest BCUT2D eigenvalue weighted by Crippen LogP contribution is 2.21. The summed E-state index contributed by atoms with van der Waals surface area (Å²) in [4.78, 5) is 10.6. The van der Waals surface area contributed by atoms with Gasteiger partial charge in [-0.05, 0) is 26.3 Å². The van der Waals surface area contributed by atoms with Gasteiger partial charge in [0.15, 0.2) is 0 Å². The second kappa shape index (κ2) is 4.68. The molecule has 4 nitrogen and oxygen atoms in total. The second-order valence-electron chi connectivity index (χ2n) is 4.10. The number of likely N-dealkylation sites (tertiary alicyclic amines) is 1. The van der Waals surface area contributed by atoms with E-state index >= 15 is 0 Å². The molecule has 0 spiro atoms. The smallest absolute Gasteiger partial charge is 0.0755 e. The van der Waals surface area contributed by atoms with E-state index in [1.165, 1.54) is 0 Å². The normalized spacial score (nSPS) is 25.1. The number of nitrogens with zero attached hydrogens (tertiary/aromatic N) is 3. The van der Waals surface area contributed by atoms with Crippen molar-refractivity contribution in [3.8, 4) is 0 Å². The summed E-state index contributed by atoms with van der Waals surface area (Å²) in [5.41, 5.74) is 0.978. The first-order valence-electron chi connectivity index (χ1n) is 5.45. The van der Waals surface area contributed by atoms with Crippen LogP contribution >= 0.6 is 0 Å². The lowest BCUT2D eigenvalue weighted by molar-refractivity contribution is 0.0493. The van der Waals surface area contributed by atoms with Gasteiger partial charge in [0.2, 0.25) is 0 Å². The summed E-state index contributed by atoms with van der Waals surface area (Å²) in [5, 5.41) is 9.60. The summed E-state index contributed by atoms with van der Waals surface area (Å²) in [6.45, 7) is 3.90. The SMILES string of the molecule is CC(c1cnccn1)N1CCC[C@@H](O)C1. The third-order valence-corrected chi connectivity index (χ3v) is 2.99. The van der Waals surface area contributed by atoms with E-state index in [0.29, 0.717) is 0 Å². The Hall–Kier alpha value is -1.00. The number of rotatable bonds is 2. The van der Waals surface area contributed by atoms with Crippen molar-refractivity contribution >= 4 is 0 Å². The van der Waals surface area contributed by atoms with Crippen molar-refractivity contribution < 1.29 is 5.11 Å². The molecule has 1 fully saturated rings. The number of aliphatic hydroxyl groups excluding tert-OH is 1. The third-order valence-electron chi connectivity index (χ3n) is 2.99. The Bertz CT molecular complexity index is 304. The lowest BCUT2D eigenvalue weighted by Gasteiger charge is -2.34. The predicted octanol–water partition coefficient (Wildman–Crippen LogP) is 0.994. The van der Waals surface area contributed by atoms with Gasteiger partial charge in [-0.25, -0.2) is 0 Å². The maximum absolute atomic E-state index is 9.60. The quantitative estimate of drug-likeness (QED) is 0.786. The van der Waals surface area contributed by atoms with E-state index in [1.54, 1.807) is 18.6 Å². The molecule has 0 aromatic carbocycles. The minimum atomic E-state index is -0.183. The van der Waals surface area contributed by atoms with Crippen molar-refractivity contribution in [2.75, 3.05) is 13.1 Å². The molecule has 0 radical (unpaired) electrons. The Morgan fingerprint density at radius 1 is 1.53 bits per heavy atom. The molecule has 1 N–H and O–H groups in total. The molecule has 2 rings (SSSR count). The van der Waals surface area contributed by atoms with Crippen molar-refractivity contribution in [2.24, 2.45) is 0 Å². The summed E-state index contributed by atoms with van der Waals surface area (Å²) in [7, 11) is 0. The predicted molar refractivity (Wildman–Crippen MR) is 57.3 cm³/mol. The zero-order valence-corrected chi connectivity index (χ0v) is 9.00. The Balaban J connectivity index is 2.04. The average molecular weight is 207 g/mol. The van der Waals surface area contributed by atoms with E-state index in [2.05, 4.69) is 21.8 Å². The van der Waals surface area contributed by atoms with Gasteiger partial charge in [0.1, 0.15) is 0 Å². The van der Waals surface area contributed by atoms with Gasteiger partial charge in [0, 0.05) is 25.1 Å². The van der Waals surface area contributed by atoms with Gasteiger partial charge in [-0.3, -0.25) is 14.9 Å².